The third kappa shape index (κ3) is 7.44. The van der Waals surface area contributed by atoms with Crippen molar-refractivity contribution in [2.45, 2.75) is 83.1 Å². The third-order valence-electron chi connectivity index (χ3n) is 15.6. The van der Waals surface area contributed by atoms with Crippen molar-refractivity contribution < 1.29 is 0 Å². The number of nitrogens with zero attached hydrogens (tertiary/aromatic N) is 2. The van der Waals surface area contributed by atoms with Crippen molar-refractivity contribution in [2.75, 3.05) is 0 Å². The van der Waals surface area contributed by atoms with Crippen LogP contribution in [-0.2, 0) is 0 Å². The van der Waals surface area contributed by atoms with E-state index in [0.717, 1.165) is 63.6 Å². The molecule has 0 unspecified atom stereocenters. The summed E-state index contributed by atoms with van der Waals surface area (Å²) in [5, 5.41) is 6.85. The summed E-state index contributed by atoms with van der Waals surface area (Å²) in [6, 6.07) is 46.4. The molecule has 0 aliphatic carbocycles. The number of benzene rings is 9. The maximum atomic E-state index is 5.51. The van der Waals surface area contributed by atoms with Crippen molar-refractivity contribution in [1.82, 2.24) is 19.9 Å². The topological polar surface area (TPSA) is 57.4 Å². The molecule has 0 amide bonds. The van der Waals surface area contributed by atoms with E-state index in [0.29, 0.717) is 0 Å². The number of thiazole rings is 2. The lowest BCUT2D eigenvalue weighted by Crippen LogP contribution is -1.92. The minimum absolute atomic E-state index is 0.988. The van der Waals surface area contributed by atoms with E-state index in [-0.39, 0.29) is 0 Å². The molecule has 74 heavy (non-hydrogen) atoms. The maximum absolute atomic E-state index is 5.51. The van der Waals surface area contributed by atoms with Crippen molar-refractivity contribution in [3.05, 3.63) is 188 Å². The van der Waals surface area contributed by atoms with Gasteiger partial charge in [-0.05, 0) is 233 Å². The molecule has 0 atom stereocenters. The van der Waals surface area contributed by atoms with Crippen LogP contribution in [0.1, 0.15) is 66.8 Å². The fraction of sp³-hybridized carbons (Fsp3) is 0.176. The molecule has 0 aliphatic rings. The molecule has 0 saturated carbocycles. The molecular formula is C68H58N4S2. The number of fused-ring (bicyclic) bond motifs is 8. The zero-order valence-electron chi connectivity index (χ0n) is 44.3. The summed E-state index contributed by atoms with van der Waals surface area (Å²) in [7, 11) is 0. The lowest BCUT2D eigenvalue weighted by Gasteiger charge is -2.14. The van der Waals surface area contributed by atoms with Crippen LogP contribution in [0, 0.1) is 83.1 Å². The van der Waals surface area contributed by atoms with Crippen molar-refractivity contribution in [2.24, 2.45) is 0 Å². The fourth-order valence-electron chi connectivity index (χ4n) is 13.1. The Bertz CT molecular complexity index is 4140. The van der Waals surface area contributed by atoms with Gasteiger partial charge in [-0.25, -0.2) is 9.97 Å². The van der Waals surface area contributed by atoms with Gasteiger partial charge in [-0.2, -0.15) is 0 Å². The standard InChI is InChI=1S/C68H58N4S2/c1-33-17-37(5)61(38(6)18-33)45-13-15-55-49(25-45)51-27-47(63-41(9)21-35(3)22-42(63)10)29-53(65(51)69-55)67-71-57-31-60-58(32-59(57)73-67)72-68(74-60)54-30-48(64-43(11)23-36(4)24-44(64)12)28-52-50-26-46(14-16-56(50)70-66(52)54)62-39(7)19-34(2)20-40(62)8/h13-32,69-70H,1-12H3. The van der Waals surface area contributed by atoms with E-state index >= 15 is 0 Å². The monoisotopic (exact) mass is 994 g/mol. The van der Waals surface area contributed by atoms with Crippen LogP contribution in [0.3, 0.4) is 0 Å². The number of hydrogen-bond donors (Lipinski definition) is 2. The zero-order valence-corrected chi connectivity index (χ0v) is 45.9. The Morgan fingerprint density at radius 3 is 0.932 bits per heavy atom. The highest BCUT2D eigenvalue weighted by molar-refractivity contribution is 7.23. The first-order valence-electron chi connectivity index (χ1n) is 25.8. The van der Waals surface area contributed by atoms with Crippen LogP contribution in [0.4, 0.5) is 0 Å². The van der Waals surface area contributed by atoms with Crippen LogP contribution in [0.5, 0.6) is 0 Å². The average molecular weight is 995 g/mol. The third-order valence-corrected chi connectivity index (χ3v) is 17.7. The second kappa shape index (κ2) is 17.0. The van der Waals surface area contributed by atoms with E-state index in [1.807, 2.05) is 0 Å². The molecule has 4 heterocycles. The summed E-state index contributed by atoms with van der Waals surface area (Å²) in [5.41, 5.74) is 34.2. The highest BCUT2D eigenvalue weighted by Crippen LogP contribution is 2.47. The molecule has 4 nitrogen and oxygen atoms in total. The van der Waals surface area contributed by atoms with Gasteiger partial charge in [0.15, 0.2) is 0 Å². The molecule has 362 valence electrons. The van der Waals surface area contributed by atoms with Gasteiger partial charge in [0.1, 0.15) is 10.0 Å². The molecule has 0 aliphatic heterocycles. The molecule has 0 fully saturated rings. The van der Waals surface area contributed by atoms with E-state index in [1.54, 1.807) is 22.7 Å². The SMILES string of the molecule is Cc1cc(C)c(-c2ccc3[nH]c4c(-c5nc6cc7sc(-c8cc(-c9c(C)cc(C)cc9C)cc9c8[nH]c8ccc(-c%10c(C)cc(C)cc%10C)cc89)nc7cc6s5)cc(-c5c(C)cc(C)cc5C)cc4c3c2)c(C)c1. The lowest BCUT2D eigenvalue weighted by molar-refractivity contribution is 1.32. The minimum atomic E-state index is 0.988. The van der Waals surface area contributed by atoms with Gasteiger partial charge < -0.3 is 9.97 Å². The van der Waals surface area contributed by atoms with Gasteiger partial charge in [-0.3, -0.25) is 0 Å². The summed E-state index contributed by atoms with van der Waals surface area (Å²) in [6.45, 7) is 26.7. The summed E-state index contributed by atoms with van der Waals surface area (Å²) in [5.74, 6) is 0. The van der Waals surface area contributed by atoms with Crippen LogP contribution in [0.25, 0.3) is 130 Å². The summed E-state index contributed by atoms with van der Waals surface area (Å²) >= 11 is 3.51. The van der Waals surface area contributed by atoms with Gasteiger partial charge in [-0.15, -0.1) is 22.7 Å². The van der Waals surface area contributed by atoms with E-state index in [1.165, 1.54) is 133 Å². The highest BCUT2D eigenvalue weighted by atomic mass is 32.1. The van der Waals surface area contributed by atoms with Crippen LogP contribution >= 0.6 is 22.7 Å². The maximum Gasteiger partial charge on any atom is 0.126 e. The Morgan fingerprint density at radius 1 is 0.311 bits per heavy atom. The number of H-pyrrole nitrogens is 2. The molecule has 13 rings (SSSR count). The Balaban J connectivity index is 0.979. The largest absolute Gasteiger partial charge is 0.354 e. The van der Waals surface area contributed by atoms with Crippen molar-refractivity contribution in [3.63, 3.8) is 0 Å². The first-order valence-corrected chi connectivity index (χ1v) is 27.4. The van der Waals surface area contributed by atoms with Gasteiger partial charge in [-0.1, -0.05) is 82.9 Å². The minimum Gasteiger partial charge on any atom is -0.354 e. The van der Waals surface area contributed by atoms with Crippen LogP contribution in [0.2, 0.25) is 0 Å². The number of hydrogen-bond acceptors (Lipinski definition) is 4. The van der Waals surface area contributed by atoms with Gasteiger partial charge >= 0.3 is 0 Å². The predicted octanol–water partition coefficient (Wildman–Crippen LogP) is 19.9. The second-order valence-electron chi connectivity index (χ2n) is 21.6. The molecule has 0 radical (unpaired) electrons. The normalized spacial score (nSPS) is 12.1. The van der Waals surface area contributed by atoms with Crippen molar-refractivity contribution >= 4 is 86.7 Å². The molecule has 2 N–H and O–H groups in total. The predicted molar refractivity (Wildman–Crippen MR) is 321 cm³/mol. The fourth-order valence-corrected chi connectivity index (χ4v) is 15.1. The summed E-state index contributed by atoms with van der Waals surface area (Å²) in [6.07, 6.45) is 0. The Kier molecular flexibility index (Phi) is 10.6. The van der Waals surface area contributed by atoms with E-state index in [9.17, 15) is 0 Å². The molecule has 9 aromatic carbocycles. The quantitative estimate of drug-likeness (QED) is 0.174. The molecule has 0 bridgehead atoms. The van der Waals surface area contributed by atoms with Crippen LogP contribution in [-0.4, -0.2) is 19.9 Å². The second-order valence-corrected chi connectivity index (χ2v) is 23.6. The zero-order chi connectivity index (χ0) is 51.2. The van der Waals surface area contributed by atoms with Crippen LogP contribution in [0.15, 0.2) is 121 Å². The summed E-state index contributed by atoms with van der Waals surface area (Å²) in [4.78, 5) is 18.8. The number of rotatable bonds is 6. The Labute approximate surface area is 440 Å². The number of aryl methyl sites for hydroxylation is 12. The molecule has 0 saturated heterocycles. The smallest absolute Gasteiger partial charge is 0.126 e. The molecule has 0 spiro atoms. The number of aromatic nitrogens is 4. The molecular weight excluding hydrogens is 937 g/mol. The first-order chi connectivity index (χ1) is 35.5. The van der Waals surface area contributed by atoms with E-state index in [4.69, 9.17) is 9.97 Å². The van der Waals surface area contributed by atoms with Gasteiger partial charge in [0.05, 0.1) is 31.5 Å². The number of nitrogens with one attached hydrogen (secondary N) is 2. The first kappa shape index (κ1) is 46.2. The lowest BCUT2D eigenvalue weighted by atomic mass is 9.90. The van der Waals surface area contributed by atoms with Crippen LogP contribution < -0.4 is 0 Å². The van der Waals surface area contributed by atoms with Crippen molar-refractivity contribution in [3.8, 4) is 65.6 Å². The Morgan fingerprint density at radius 2 is 0.608 bits per heavy atom. The van der Waals surface area contributed by atoms with Gasteiger partial charge in [0, 0.05) is 43.7 Å². The summed E-state index contributed by atoms with van der Waals surface area (Å²) < 4.78 is 2.25. The number of aromatic amines is 2. The average Bonchev–Trinajstić information content (AvgIpc) is 4.12. The molecule has 6 heteroatoms. The molecule has 13 aromatic rings. The van der Waals surface area contributed by atoms with Gasteiger partial charge in [0.25, 0.3) is 0 Å². The van der Waals surface area contributed by atoms with E-state index in [2.05, 4.69) is 214 Å². The Hall–Kier alpha value is -7.64. The van der Waals surface area contributed by atoms with E-state index < -0.39 is 0 Å². The van der Waals surface area contributed by atoms with Crippen molar-refractivity contribution in [1.29, 1.82) is 0 Å². The highest BCUT2D eigenvalue weighted by Gasteiger charge is 2.23. The molecule has 4 aromatic heterocycles. The van der Waals surface area contributed by atoms with Gasteiger partial charge in [0.2, 0.25) is 0 Å².